The van der Waals surface area contributed by atoms with Crippen LogP contribution in [0.4, 0.5) is 5.69 Å². The molecule has 1 aliphatic heterocycles. The van der Waals surface area contributed by atoms with Crippen molar-refractivity contribution in [1.29, 1.82) is 0 Å². The lowest BCUT2D eigenvalue weighted by Gasteiger charge is -2.09. The minimum Gasteiger partial charge on any atom is -0.350 e. The van der Waals surface area contributed by atoms with Gasteiger partial charge in [0.1, 0.15) is 0 Å². The molecule has 0 unspecified atom stereocenters. The summed E-state index contributed by atoms with van der Waals surface area (Å²) in [6.07, 6.45) is 0.359. The Labute approximate surface area is 94.0 Å². The van der Waals surface area contributed by atoms with E-state index in [0.717, 1.165) is 11.3 Å². The highest BCUT2D eigenvalue weighted by atomic mass is 16.2. The molecule has 0 saturated carbocycles. The lowest BCUT2D eigenvalue weighted by atomic mass is 10.1. The van der Waals surface area contributed by atoms with Gasteiger partial charge in [-0.15, -0.1) is 0 Å². The van der Waals surface area contributed by atoms with Crippen LogP contribution < -0.4 is 10.6 Å². The number of benzene rings is 1. The first-order valence-corrected chi connectivity index (χ1v) is 5.30. The SMILES string of the molecule is CC(C)NC(=O)c1ccc2c(c1)CC(=O)N2. The minimum absolute atomic E-state index is 0.0172. The highest BCUT2D eigenvalue weighted by molar-refractivity contribution is 6.01. The first-order chi connectivity index (χ1) is 7.56. The molecule has 4 nitrogen and oxygen atoms in total. The highest BCUT2D eigenvalue weighted by Crippen LogP contribution is 2.23. The number of anilines is 1. The number of carbonyl (C=O) groups is 2. The quantitative estimate of drug-likeness (QED) is 0.786. The monoisotopic (exact) mass is 218 g/mol. The van der Waals surface area contributed by atoms with Gasteiger partial charge in [0.05, 0.1) is 6.42 Å². The summed E-state index contributed by atoms with van der Waals surface area (Å²) in [7, 11) is 0. The number of hydrogen-bond donors (Lipinski definition) is 2. The zero-order valence-electron chi connectivity index (χ0n) is 9.33. The molecule has 1 aromatic rings. The number of nitrogens with one attached hydrogen (secondary N) is 2. The van der Waals surface area contributed by atoms with E-state index >= 15 is 0 Å². The van der Waals surface area contributed by atoms with Crippen molar-refractivity contribution in [3.05, 3.63) is 29.3 Å². The predicted octanol–water partition coefficient (Wildman–Crippen LogP) is 1.32. The van der Waals surface area contributed by atoms with Crippen LogP contribution in [0.5, 0.6) is 0 Å². The average Bonchev–Trinajstić information content (AvgIpc) is 2.55. The van der Waals surface area contributed by atoms with Crippen LogP contribution in [0, 0.1) is 0 Å². The maximum absolute atomic E-state index is 11.7. The van der Waals surface area contributed by atoms with E-state index in [-0.39, 0.29) is 17.9 Å². The Bertz CT molecular complexity index is 452. The second-order valence-electron chi connectivity index (χ2n) is 4.23. The molecular formula is C12H14N2O2. The van der Waals surface area contributed by atoms with Gasteiger partial charge in [0.2, 0.25) is 5.91 Å². The van der Waals surface area contributed by atoms with Crippen molar-refractivity contribution >= 4 is 17.5 Å². The lowest BCUT2D eigenvalue weighted by molar-refractivity contribution is -0.115. The van der Waals surface area contributed by atoms with Crippen molar-refractivity contribution in [3.8, 4) is 0 Å². The second kappa shape index (κ2) is 3.96. The van der Waals surface area contributed by atoms with Crippen molar-refractivity contribution in [1.82, 2.24) is 5.32 Å². The molecule has 2 N–H and O–H groups in total. The van der Waals surface area contributed by atoms with E-state index < -0.39 is 0 Å². The molecule has 0 spiro atoms. The van der Waals surface area contributed by atoms with Crippen LogP contribution in [0.15, 0.2) is 18.2 Å². The van der Waals surface area contributed by atoms with Crippen LogP contribution in [0.25, 0.3) is 0 Å². The number of hydrogen-bond acceptors (Lipinski definition) is 2. The van der Waals surface area contributed by atoms with Crippen molar-refractivity contribution in [2.24, 2.45) is 0 Å². The first kappa shape index (κ1) is 10.7. The average molecular weight is 218 g/mol. The molecule has 4 heteroatoms. The Morgan fingerprint density at radius 2 is 2.19 bits per heavy atom. The fraction of sp³-hybridized carbons (Fsp3) is 0.333. The molecule has 0 atom stereocenters. The maximum Gasteiger partial charge on any atom is 0.251 e. The largest absolute Gasteiger partial charge is 0.350 e. The third-order valence-electron chi connectivity index (χ3n) is 2.41. The topological polar surface area (TPSA) is 58.2 Å². The van der Waals surface area contributed by atoms with Gasteiger partial charge in [-0.25, -0.2) is 0 Å². The zero-order chi connectivity index (χ0) is 11.7. The van der Waals surface area contributed by atoms with Crippen LogP contribution in [-0.2, 0) is 11.2 Å². The summed E-state index contributed by atoms with van der Waals surface area (Å²) in [6, 6.07) is 5.38. The van der Waals surface area contributed by atoms with Crippen LogP contribution in [0.2, 0.25) is 0 Å². The van der Waals surface area contributed by atoms with Gasteiger partial charge in [0.15, 0.2) is 0 Å². The van der Waals surface area contributed by atoms with Gasteiger partial charge in [0.25, 0.3) is 5.91 Å². The van der Waals surface area contributed by atoms with Crippen LogP contribution in [-0.4, -0.2) is 17.9 Å². The second-order valence-corrected chi connectivity index (χ2v) is 4.23. The molecule has 0 aliphatic carbocycles. The molecule has 0 fully saturated rings. The normalized spacial score (nSPS) is 13.6. The molecule has 0 aromatic heterocycles. The molecule has 84 valence electrons. The summed E-state index contributed by atoms with van der Waals surface area (Å²) < 4.78 is 0. The summed E-state index contributed by atoms with van der Waals surface area (Å²) >= 11 is 0. The van der Waals surface area contributed by atoms with E-state index in [9.17, 15) is 9.59 Å². The number of amides is 2. The molecule has 1 aliphatic rings. The Morgan fingerprint density at radius 3 is 2.88 bits per heavy atom. The summed E-state index contributed by atoms with van der Waals surface area (Å²) in [6.45, 7) is 3.83. The predicted molar refractivity (Wildman–Crippen MR) is 61.4 cm³/mol. The molecule has 0 saturated heterocycles. The zero-order valence-corrected chi connectivity index (χ0v) is 9.33. The Morgan fingerprint density at radius 1 is 1.44 bits per heavy atom. The van der Waals surface area contributed by atoms with E-state index in [1.54, 1.807) is 18.2 Å². The number of carbonyl (C=O) groups excluding carboxylic acids is 2. The summed E-state index contributed by atoms with van der Waals surface area (Å²) in [4.78, 5) is 22.9. The molecule has 2 rings (SSSR count). The van der Waals surface area contributed by atoms with E-state index in [1.165, 1.54) is 0 Å². The molecule has 1 heterocycles. The van der Waals surface area contributed by atoms with E-state index in [0.29, 0.717) is 12.0 Å². The van der Waals surface area contributed by atoms with Gasteiger partial charge in [0, 0.05) is 17.3 Å². The summed E-state index contributed by atoms with van der Waals surface area (Å²) in [5.41, 5.74) is 2.30. The molecule has 0 bridgehead atoms. The molecule has 0 radical (unpaired) electrons. The van der Waals surface area contributed by atoms with Crippen molar-refractivity contribution in [3.63, 3.8) is 0 Å². The van der Waals surface area contributed by atoms with Gasteiger partial charge >= 0.3 is 0 Å². The van der Waals surface area contributed by atoms with Crippen LogP contribution in [0.1, 0.15) is 29.8 Å². The van der Waals surface area contributed by atoms with Crippen LogP contribution in [0.3, 0.4) is 0 Å². The van der Waals surface area contributed by atoms with Gasteiger partial charge < -0.3 is 10.6 Å². The number of rotatable bonds is 2. The Balaban J connectivity index is 2.22. The number of fused-ring (bicyclic) bond motifs is 1. The van der Waals surface area contributed by atoms with Gasteiger partial charge in [-0.3, -0.25) is 9.59 Å². The van der Waals surface area contributed by atoms with Gasteiger partial charge in [-0.2, -0.15) is 0 Å². The van der Waals surface area contributed by atoms with Crippen molar-refractivity contribution in [2.45, 2.75) is 26.3 Å². The van der Waals surface area contributed by atoms with Crippen molar-refractivity contribution in [2.75, 3.05) is 5.32 Å². The first-order valence-electron chi connectivity index (χ1n) is 5.30. The Hall–Kier alpha value is -1.84. The van der Waals surface area contributed by atoms with Gasteiger partial charge in [-0.1, -0.05) is 0 Å². The maximum atomic E-state index is 11.7. The third-order valence-corrected chi connectivity index (χ3v) is 2.41. The van der Waals surface area contributed by atoms with Gasteiger partial charge in [-0.05, 0) is 37.6 Å². The highest BCUT2D eigenvalue weighted by Gasteiger charge is 2.19. The summed E-state index contributed by atoms with van der Waals surface area (Å²) in [5.74, 6) is -0.117. The molecule has 1 aromatic carbocycles. The lowest BCUT2D eigenvalue weighted by Crippen LogP contribution is -2.30. The Kier molecular flexibility index (Phi) is 2.64. The van der Waals surface area contributed by atoms with E-state index in [4.69, 9.17) is 0 Å². The molecule has 16 heavy (non-hydrogen) atoms. The van der Waals surface area contributed by atoms with E-state index in [1.807, 2.05) is 13.8 Å². The van der Waals surface area contributed by atoms with E-state index in [2.05, 4.69) is 10.6 Å². The minimum atomic E-state index is -0.0999. The fourth-order valence-corrected chi connectivity index (χ4v) is 1.72. The molecule has 2 amide bonds. The smallest absolute Gasteiger partial charge is 0.251 e. The fourth-order valence-electron chi connectivity index (χ4n) is 1.72. The third kappa shape index (κ3) is 2.05. The van der Waals surface area contributed by atoms with Crippen molar-refractivity contribution < 1.29 is 9.59 Å². The molecular weight excluding hydrogens is 204 g/mol. The summed E-state index contributed by atoms with van der Waals surface area (Å²) in [5, 5.41) is 5.55. The standard InChI is InChI=1S/C12H14N2O2/c1-7(2)13-12(16)8-3-4-10-9(5-8)6-11(15)14-10/h3-5,7H,6H2,1-2H3,(H,13,16)(H,14,15). The van der Waals surface area contributed by atoms with Crippen LogP contribution >= 0.6 is 0 Å².